The van der Waals surface area contributed by atoms with Gasteiger partial charge >= 0.3 is 0 Å². The van der Waals surface area contributed by atoms with Crippen LogP contribution in [-0.2, 0) is 4.84 Å². The highest BCUT2D eigenvalue weighted by molar-refractivity contribution is 6.02. The summed E-state index contributed by atoms with van der Waals surface area (Å²) in [4.78, 5) is 5.12. The van der Waals surface area contributed by atoms with Crippen molar-refractivity contribution in [1.82, 2.24) is 0 Å². The van der Waals surface area contributed by atoms with E-state index in [9.17, 15) is 0 Å². The standard InChI is InChI=1S/C11H13NO2/c1-8-10(7-13)14-12-11(8)9-5-3-2-4-6-9/h2-6,8,10,13H,7H2,1H3/t8-,10+/m1/s1. The van der Waals surface area contributed by atoms with Gasteiger partial charge in [-0.15, -0.1) is 0 Å². The summed E-state index contributed by atoms with van der Waals surface area (Å²) in [5.41, 5.74) is 1.99. The predicted octanol–water partition coefficient (Wildman–Crippen LogP) is 1.42. The number of hydrogen-bond donors (Lipinski definition) is 1. The Morgan fingerprint density at radius 2 is 2.07 bits per heavy atom. The molecule has 2 atom stereocenters. The number of benzene rings is 1. The normalized spacial score (nSPS) is 25.7. The van der Waals surface area contributed by atoms with Crippen LogP contribution in [0.15, 0.2) is 35.5 Å². The maximum atomic E-state index is 9.00. The highest BCUT2D eigenvalue weighted by Crippen LogP contribution is 2.22. The number of nitrogens with zero attached hydrogens (tertiary/aromatic N) is 1. The molecule has 1 aliphatic rings. The van der Waals surface area contributed by atoms with Gasteiger partial charge in [0.15, 0.2) is 6.10 Å². The zero-order valence-corrected chi connectivity index (χ0v) is 8.05. The van der Waals surface area contributed by atoms with Gasteiger partial charge in [0, 0.05) is 5.92 Å². The molecule has 0 unspecified atom stereocenters. The number of aliphatic hydroxyl groups excluding tert-OH is 1. The fourth-order valence-electron chi connectivity index (χ4n) is 1.59. The third-order valence-electron chi connectivity index (χ3n) is 2.52. The molecular formula is C11H13NO2. The summed E-state index contributed by atoms with van der Waals surface area (Å²) < 4.78 is 0. The van der Waals surface area contributed by atoms with E-state index in [-0.39, 0.29) is 18.6 Å². The summed E-state index contributed by atoms with van der Waals surface area (Å²) in [5.74, 6) is 0.155. The topological polar surface area (TPSA) is 41.8 Å². The van der Waals surface area contributed by atoms with Gasteiger partial charge in [-0.05, 0) is 5.56 Å². The molecule has 1 aromatic carbocycles. The van der Waals surface area contributed by atoms with Crippen molar-refractivity contribution in [2.45, 2.75) is 13.0 Å². The highest BCUT2D eigenvalue weighted by atomic mass is 16.6. The lowest BCUT2D eigenvalue weighted by Gasteiger charge is -2.10. The van der Waals surface area contributed by atoms with E-state index >= 15 is 0 Å². The average molecular weight is 191 g/mol. The fourth-order valence-corrected chi connectivity index (χ4v) is 1.59. The second kappa shape index (κ2) is 3.80. The van der Waals surface area contributed by atoms with E-state index in [1.165, 1.54) is 0 Å². The largest absolute Gasteiger partial charge is 0.392 e. The summed E-state index contributed by atoms with van der Waals surface area (Å²) in [5, 5.41) is 13.0. The maximum absolute atomic E-state index is 9.00. The molecule has 0 fully saturated rings. The van der Waals surface area contributed by atoms with Crippen LogP contribution in [0.4, 0.5) is 0 Å². The van der Waals surface area contributed by atoms with E-state index in [1.54, 1.807) is 0 Å². The Morgan fingerprint density at radius 3 is 2.64 bits per heavy atom. The number of aliphatic hydroxyl groups is 1. The van der Waals surface area contributed by atoms with Crippen LogP contribution in [0.5, 0.6) is 0 Å². The van der Waals surface area contributed by atoms with E-state index in [1.807, 2.05) is 37.3 Å². The molecule has 0 radical (unpaired) electrons. The summed E-state index contributed by atoms with van der Waals surface area (Å²) in [6.45, 7) is 2.03. The van der Waals surface area contributed by atoms with Crippen LogP contribution in [0.3, 0.4) is 0 Å². The summed E-state index contributed by atoms with van der Waals surface area (Å²) in [6, 6.07) is 9.90. The minimum atomic E-state index is -0.190. The minimum Gasteiger partial charge on any atom is -0.392 e. The van der Waals surface area contributed by atoms with Crippen LogP contribution < -0.4 is 0 Å². The van der Waals surface area contributed by atoms with Gasteiger partial charge in [-0.1, -0.05) is 42.4 Å². The van der Waals surface area contributed by atoms with Crippen molar-refractivity contribution >= 4 is 5.71 Å². The molecule has 2 rings (SSSR count). The molecule has 3 heteroatoms. The van der Waals surface area contributed by atoms with Gasteiger partial charge < -0.3 is 9.94 Å². The molecule has 0 saturated heterocycles. The lowest BCUT2D eigenvalue weighted by Crippen LogP contribution is -2.24. The lowest BCUT2D eigenvalue weighted by atomic mass is 9.95. The molecule has 3 nitrogen and oxygen atoms in total. The second-order valence-electron chi connectivity index (χ2n) is 3.46. The molecule has 1 N–H and O–H groups in total. The van der Waals surface area contributed by atoms with Crippen molar-refractivity contribution in [2.24, 2.45) is 11.1 Å². The Hall–Kier alpha value is -1.35. The van der Waals surface area contributed by atoms with Crippen molar-refractivity contribution in [3.63, 3.8) is 0 Å². The Balaban J connectivity index is 2.22. The summed E-state index contributed by atoms with van der Waals surface area (Å²) in [6.07, 6.45) is -0.190. The molecule has 0 bridgehead atoms. The predicted molar refractivity (Wildman–Crippen MR) is 54.1 cm³/mol. The van der Waals surface area contributed by atoms with Gasteiger partial charge in [-0.25, -0.2) is 0 Å². The van der Waals surface area contributed by atoms with Crippen LogP contribution >= 0.6 is 0 Å². The van der Waals surface area contributed by atoms with Gasteiger partial charge in [0.1, 0.15) is 0 Å². The monoisotopic (exact) mass is 191 g/mol. The molecular weight excluding hydrogens is 178 g/mol. The summed E-state index contributed by atoms with van der Waals surface area (Å²) >= 11 is 0. The molecule has 74 valence electrons. The van der Waals surface area contributed by atoms with E-state index < -0.39 is 0 Å². The van der Waals surface area contributed by atoms with Crippen LogP contribution in [0.2, 0.25) is 0 Å². The van der Waals surface area contributed by atoms with Gasteiger partial charge in [-0.2, -0.15) is 0 Å². The first-order chi connectivity index (χ1) is 6.83. The molecule has 0 aromatic heterocycles. The van der Waals surface area contributed by atoms with Gasteiger partial charge in [0.25, 0.3) is 0 Å². The quantitative estimate of drug-likeness (QED) is 0.768. The van der Waals surface area contributed by atoms with Gasteiger partial charge in [0.05, 0.1) is 12.3 Å². The molecule has 0 spiro atoms. The second-order valence-corrected chi connectivity index (χ2v) is 3.46. The average Bonchev–Trinajstić information content (AvgIpc) is 2.61. The first-order valence-corrected chi connectivity index (χ1v) is 4.73. The fraction of sp³-hybridized carbons (Fsp3) is 0.364. The Kier molecular flexibility index (Phi) is 2.50. The Labute approximate surface area is 83.0 Å². The van der Waals surface area contributed by atoms with Crippen molar-refractivity contribution < 1.29 is 9.94 Å². The molecule has 14 heavy (non-hydrogen) atoms. The number of rotatable bonds is 2. The van der Waals surface area contributed by atoms with E-state index in [4.69, 9.17) is 9.94 Å². The molecule has 0 amide bonds. The smallest absolute Gasteiger partial charge is 0.158 e. The van der Waals surface area contributed by atoms with E-state index in [0.717, 1.165) is 11.3 Å². The van der Waals surface area contributed by atoms with Gasteiger partial charge in [0.2, 0.25) is 0 Å². The van der Waals surface area contributed by atoms with Crippen LogP contribution in [-0.4, -0.2) is 23.5 Å². The SMILES string of the molecule is C[C@H]1C(c2ccccc2)=NO[C@H]1CO. The van der Waals surface area contributed by atoms with Crippen LogP contribution in [0, 0.1) is 5.92 Å². The van der Waals surface area contributed by atoms with E-state index in [0.29, 0.717) is 0 Å². The zero-order chi connectivity index (χ0) is 9.97. The highest BCUT2D eigenvalue weighted by Gasteiger charge is 2.30. The Morgan fingerprint density at radius 1 is 1.36 bits per heavy atom. The third kappa shape index (κ3) is 1.51. The van der Waals surface area contributed by atoms with Crippen LogP contribution in [0.25, 0.3) is 0 Å². The first kappa shape index (κ1) is 9.21. The van der Waals surface area contributed by atoms with Crippen molar-refractivity contribution in [3.05, 3.63) is 35.9 Å². The number of hydrogen-bond acceptors (Lipinski definition) is 3. The van der Waals surface area contributed by atoms with Crippen molar-refractivity contribution in [2.75, 3.05) is 6.61 Å². The number of oxime groups is 1. The maximum Gasteiger partial charge on any atom is 0.158 e. The first-order valence-electron chi connectivity index (χ1n) is 4.73. The molecule has 1 aliphatic heterocycles. The third-order valence-corrected chi connectivity index (χ3v) is 2.52. The molecule has 0 saturated carbocycles. The van der Waals surface area contributed by atoms with E-state index in [2.05, 4.69) is 5.16 Å². The van der Waals surface area contributed by atoms with Gasteiger partial charge in [-0.3, -0.25) is 0 Å². The molecule has 1 aromatic rings. The zero-order valence-electron chi connectivity index (χ0n) is 8.05. The lowest BCUT2D eigenvalue weighted by molar-refractivity contribution is 0.0211. The Bertz CT molecular complexity index is 334. The van der Waals surface area contributed by atoms with Crippen molar-refractivity contribution in [1.29, 1.82) is 0 Å². The minimum absolute atomic E-state index is 0.0149. The van der Waals surface area contributed by atoms with Crippen LogP contribution in [0.1, 0.15) is 12.5 Å². The van der Waals surface area contributed by atoms with Crippen molar-refractivity contribution in [3.8, 4) is 0 Å². The summed E-state index contributed by atoms with van der Waals surface area (Å²) in [7, 11) is 0. The molecule has 0 aliphatic carbocycles. The molecule has 1 heterocycles.